The van der Waals surface area contributed by atoms with E-state index >= 15 is 0 Å². The fraction of sp³-hybridized carbons (Fsp3) is 0. The minimum Gasteiger partial charge on any atom is -0.309 e. The summed E-state index contributed by atoms with van der Waals surface area (Å²) >= 11 is 0. The van der Waals surface area contributed by atoms with Gasteiger partial charge in [-0.05, 0) is 117 Å². The predicted octanol–water partition coefficient (Wildman–Crippen LogP) is 15.0. The lowest BCUT2D eigenvalue weighted by molar-refractivity contribution is 0.990. The summed E-state index contributed by atoms with van der Waals surface area (Å²) < 4.78 is 4.55. The lowest BCUT2D eigenvalue weighted by atomic mass is 9.93. The molecule has 9 aromatic carbocycles. The summed E-state index contributed by atoms with van der Waals surface area (Å²) in [6.45, 7) is 0. The molecule has 3 aromatic heterocycles. The minimum atomic E-state index is 0.638. The van der Waals surface area contributed by atoms with Crippen molar-refractivity contribution in [1.82, 2.24) is 19.1 Å². The molecule has 290 valence electrons. The van der Waals surface area contributed by atoms with Gasteiger partial charge in [-0.3, -0.25) is 4.57 Å². The molecule has 4 nitrogen and oxygen atoms in total. The summed E-state index contributed by atoms with van der Waals surface area (Å²) in [6, 6.07) is 78.2. The fourth-order valence-electron chi connectivity index (χ4n) is 9.21. The van der Waals surface area contributed by atoms with E-state index in [1.807, 2.05) is 12.4 Å². The van der Waals surface area contributed by atoms with Crippen LogP contribution in [0.1, 0.15) is 0 Å². The summed E-state index contributed by atoms with van der Waals surface area (Å²) in [4.78, 5) is 10.1. The fourth-order valence-corrected chi connectivity index (χ4v) is 9.21. The number of benzene rings is 9. The Hall–Kier alpha value is -8.34. The van der Waals surface area contributed by atoms with Crippen molar-refractivity contribution in [1.29, 1.82) is 0 Å². The first-order chi connectivity index (χ1) is 30.7. The molecule has 0 saturated carbocycles. The maximum atomic E-state index is 5.07. The van der Waals surface area contributed by atoms with Gasteiger partial charge in [0, 0.05) is 45.2 Å². The molecule has 0 spiro atoms. The average Bonchev–Trinajstić information content (AvgIpc) is 3.87. The summed E-state index contributed by atoms with van der Waals surface area (Å²) in [5.74, 6) is 0.638. The summed E-state index contributed by atoms with van der Waals surface area (Å²) in [5, 5.41) is 4.81. The van der Waals surface area contributed by atoms with Crippen LogP contribution in [0.4, 0.5) is 0 Å². The van der Waals surface area contributed by atoms with Crippen LogP contribution in [0.3, 0.4) is 0 Å². The summed E-state index contributed by atoms with van der Waals surface area (Å²) in [5.41, 5.74) is 17.1. The van der Waals surface area contributed by atoms with E-state index in [2.05, 4.69) is 228 Å². The maximum absolute atomic E-state index is 5.07. The Morgan fingerprint density at radius 1 is 0.242 bits per heavy atom. The molecule has 12 rings (SSSR count). The number of rotatable bonds is 7. The van der Waals surface area contributed by atoms with E-state index in [4.69, 9.17) is 9.97 Å². The molecule has 0 radical (unpaired) electrons. The third kappa shape index (κ3) is 6.08. The van der Waals surface area contributed by atoms with Gasteiger partial charge in [-0.1, -0.05) is 152 Å². The Morgan fingerprint density at radius 3 is 1.16 bits per heavy atom. The molecule has 12 aromatic rings. The molecule has 0 atom stereocenters. The normalized spacial score (nSPS) is 11.5. The smallest absolute Gasteiger partial charge is 0.234 e. The summed E-state index contributed by atoms with van der Waals surface area (Å²) in [6.07, 6.45) is 3.93. The van der Waals surface area contributed by atoms with Gasteiger partial charge >= 0.3 is 0 Å². The number of hydrogen-bond acceptors (Lipinski definition) is 2. The second kappa shape index (κ2) is 14.7. The molecule has 0 unspecified atom stereocenters. The standard InChI is InChI=1S/C58H38N4/c1-4-14-39(15-5-1)41-24-26-42(27-25-41)46-32-45(40-16-6-2-7-17-40)33-47(34-46)48-37-59-58(60-38-48)62-55-23-13-11-21-51(55)53-36-44(29-31-57(53)62)43-28-30-56-52(35-43)50-20-10-12-22-54(50)61(56)49-18-8-3-9-19-49/h1-38H. The molecule has 0 aliphatic heterocycles. The molecule has 0 aliphatic carbocycles. The monoisotopic (exact) mass is 790 g/mol. The number of fused-ring (bicyclic) bond motifs is 6. The molecule has 3 heterocycles. The van der Waals surface area contributed by atoms with E-state index in [1.165, 1.54) is 44.1 Å². The van der Waals surface area contributed by atoms with Gasteiger partial charge in [0.05, 0.1) is 22.1 Å². The van der Waals surface area contributed by atoms with Crippen LogP contribution in [0.2, 0.25) is 0 Å². The van der Waals surface area contributed by atoms with Crippen LogP contribution in [0.5, 0.6) is 0 Å². The number of nitrogens with zero attached hydrogens (tertiary/aromatic N) is 4. The molecule has 62 heavy (non-hydrogen) atoms. The van der Waals surface area contributed by atoms with Gasteiger partial charge in [0.15, 0.2) is 0 Å². The average molecular weight is 791 g/mol. The molecule has 0 aliphatic rings. The first kappa shape index (κ1) is 35.6. The molecule has 0 fully saturated rings. The topological polar surface area (TPSA) is 35.6 Å². The first-order valence-electron chi connectivity index (χ1n) is 21.0. The van der Waals surface area contributed by atoms with Crippen molar-refractivity contribution < 1.29 is 0 Å². The van der Waals surface area contributed by atoms with Crippen LogP contribution >= 0.6 is 0 Å². The Bertz CT molecular complexity index is 3590. The van der Waals surface area contributed by atoms with E-state index in [0.29, 0.717) is 5.95 Å². The largest absolute Gasteiger partial charge is 0.309 e. The van der Waals surface area contributed by atoms with Crippen LogP contribution < -0.4 is 0 Å². The molecule has 4 heteroatoms. The second-order valence-corrected chi connectivity index (χ2v) is 15.9. The van der Waals surface area contributed by atoms with Crippen molar-refractivity contribution in [2.24, 2.45) is 0 Å². The van der Waals surface area contributed by atoms with Gasteiger partial charge in [-0.25, -0.2) is 9.97 Å². The number of para-hydroxylation sites is 3. The Balaban J connectivity index is 0.930. The number of aromatic nitrogens is 4. The zero-order chi connectivity index (χ0) is 41.0. The van der Waals surface area contributed by atoms with Crippen molar-refractivity contribution in [3.63, 3.8) is 0 Å². The SMILES string of the molecule is c1ccc(-c2ccc(-c3cc(-c4ccccc4)cc(-c4cnc(-n5c6ccccc6c6cc(-c7ccc8c(c7)c7ccccc7n8-c7ccccc7)ccc65)nc4)c3)cc2)cc1. The van der Waals surface area contributed by atoms with Gasteiger partial charge < -0.3 is 4.57 Å². The van der Waals surface area contributed by atoms with Gasteiger partial charge in [0.25, 0.3) is 0 Å². The van der Waals surface area contributed by atoms with Crippen molar-refractivity contribution in [2.75, 3.05) is 0 Å². The lowest BCUT2D eigenvalue weighted by Crippen LogP contribution is -2.00. The molecular formula is C58H38N4. The van der Waals surface area contributed by atoms with Crippen molar-refractivity contribution in [3.05, 3.63) is 231 Å². The highest BCUT2D eigenvalue weighted by atomic mass is 15.1. The van der Waals surface area contributed by atoms with Gasteiger partial charge in [-0.2, -0.15) is 0 Å². The van der Waals surface area contributed by atoms with E-state index in [-0.39, 0.29) is 0 Å². The first-order valence-corrected chi connectivity index (χ1v) is 21.0. The highest BCUT2D eigenvalue weighted by Crippen LogP contribution is 2.39. The van der Waals surface area contributed by atoms with Crippen LogP contribution in [0.25, 0.3) is 111 Å². The Kier molecular flexibility index (Phi) is 8.46. The summed E-state index contributed by atoms with van der Waals surface area (Å²) in [7, 11) is 0. The van der Waals surface area contributed by atoms with E-state index < -0.39 is 0 Å². The van der Waals surface area contributed by atoms with Crippen LogP contribution in [-0.2, 0) is 0 Å². The van der Waals surface area contributed by atoms with Crippen molar-refractivity contribution in [3.8, 4) is 67.3 Å². The molecule has 0 bridgehead atoms. The predicted molar refractivity (Wildman–Crippen MR) is 258 cm³/mol. The van der Waals surface area contributed by atoms with Gasteiger partial charge in [0.2, 0.25) is 5.95 Å². The number of hydrogen-bond donors (Lipinski definition) is 0. The third-order valence-corrected chi connectivity index (χ3v) is 12.2. The van der Waals surface area contributed by atoms with Crippen molar-refractivity contribution in [2.45, 2.75) is 0 Å². The maximum Gasteiger partial charge on any atom is 0.234 e. The van der Waals surface area contributed by atoms with Crippen LogP contribution in [0, 0.1) is 0 Å². The third-order valence-electron chi connectivity index (χ3n) is 12.2. The van der Waals surface area contributed by atoms with Crippen LogP contribution in [0.15, 0.2) is 231 Å². The lowest BCUT2D eigenvalue weighted by Gasteiger charge is -2.12. The van der Waals surface area contributed by atoms with Gasteiger partial charge in [0.1, 0.15) is 0 Å². The van der Waals surface area contributed by atoms with E-state index in [0.717, 1.165) is 60.9 Å². The van der Waals surface area contributed by atoms with Crippen molar-refractivity contribution >= 4 is 43.6 Å². The molecule has 0 N–H and O–H groups in total. The highest BCUT2D eigenvalue weighted by molar-refractivity contribution is 6.12. The Labute approximate surface area is 359 Å². The molecule has 0 saturated heterocycles. The quantitative estimate of drug-likeness (QED) is 0.161. The highest BCUT2D eigenvalue weighted by Gasteiger charge is 2.18. The van der Waals surface area contributed by atoms with Crippen LogP contribution in [-0.4, -0.2) is 19.1 Å². The molecule has 0 amide bonds. The minimum absolute atomic E-state index is 0.638. The zero-order valence-electron chi connectivity index (χ0n) is 33.7. The zero-order valence-corrected chi connectivity index (χ0v) is 33.7. The Morgan fingerprint density at radius 2 is 0.613 bits per heavy atom. The molecular weight excluding hydrogens is 753 g/mol. The van der Waals surface area contributed by atoms with E-state index in [1.54, 1.807) is 0 Å². The second-order valence-electron chi connectivity index (χ2n) is 15.9. The van der Waals surface area contributed by atoms with E-state index in [9.17, 15) is 0 Å². The van der Waals surface area contributed by atoms with Gasteiger partial charge in [-0.15, -0.1) is 0 Å².